The van der Waals surface area contributed by atoms with E-state index in [0.29, 0.717) is 12.5 Å². The van der Waals surface area contributed by atoms with E-state index < -0.39 is 0 Å². The molecule has 1 N–H and O–H groups in total. The van der Waals surface area contributed by atoms with Crippen LogP contribution in [0.4, 0.5) is 10.6 Å². The predicted octanol–water partition coefficient (Wildman–Crippen LogP) is 2.65. The standard InChI is InChI=1S/C17H25N5O2/c1-11(2)24-17(23)22-8-6-12(3)14(9-22)21(4)16-13-5-7-18-15(13)19-10-20-16/h5,7,10-12,14H,6,8-9H2,1-4H3,(H,18,19,20). The van der Waals surface area contributed by atoms with Crippen LogP contribution < -0.4 is 4.90 Å². The summed E-state index contributed by atoms with van der Waals surface area (Å²) in [4.78, 5) is 28.0. The number of fused-ring (bicyclic) bond motifs is 1. The Labute approximate surface area is 142 Å². The van der Waals surface area contributed by atoms with E-state index in [1.54, 1.807) is 11.2 Å². The molecule has 7 heteroatoms. The molecule has 24 heavy (non-hydrogen) atoms. The Morgan fingerprint density at radius 3 is 3.00 bits per heavy atom. The number of H-pyrrole nitrogens is 1. The van der Waals surface area contributed by atoms with Crippen LogP contribution in [0.15, 0.2) is 18.6 Å². The zero-order chi connectivity index (χ0) is 17.3. The molecule has 2 atom stereocenters. The summed E-state index contributed by atoms with van der Waals surface area (Å²) in [5.74, 6) is 1.35. The van der Waals surface area contributed by atoms with Gasteiger partial charge in [-0.1, -0.05) is 6.92 Å². The first-order valence-corrected chi connectivity index (χ1v) is 8.44. The van der Waals surface area contributed by atoms with Gasteiger partial charge in [0, 0.05) is 26.3 Å². The van der Waals surface area contributed by atoms with E-state index in [-0.39, 0.29) is 18.2 Å². The fraction of sp³-hybridized carbons (Fsp3) is 0.588. The van der Waals surface area contributed by atoms with Gasteiger partial charge >= 0.3 is 6.09 Å². The van der Waals surface area contributed by atoms with Gasteiger partial charge in [-0.25, -0.2) is 14.8 Å². The number of likely N-dealkylation sites (N-methyl/N-ethyl adjacent to an activating group) is 1. The van der Waals surface area contributed by atoms with Crippen LogP contribution in [0.25, 0.3) is 11.0 Å². The second-order valence-corrected chi connectivity index (χ2v) is 6.76. The summed E-state index contributed by atoms with van der Waals surface area (Å²) in [6.45, 7) is 7.34. The Bertz CT molecular complexity index is 714. The summed E-state index contributed by atoms with van der Waals surface area (Å²) < 4.78 is 5.35. The van der Waals surface area contributed by atoms with Crippen LogP contribution in [-0.2, 0) is 4.74 Å². The summed E-state index contributed by atoms with van der Waals surface area (Å²) >= 11 is 0. The molecule has 0 saturated carbocycles. The van der Waals surface area contributed by atoms with E-state index in [4.69, 9.17) is 4.74 Å². The molecule has 1 aliphatic heterocycles. The van der Waals surface area contributed by atoms with Gasteiger partial charge in [0.25, 0.3) is 0 Å². The first-order chi connectivity index (χ1) is 11.5. The smallest absolute Gasteiger partial charge is 0.410 e. The Balaban J connectivity index is 1.81. The number of aromatic nitrogens is 3. The molecule has 3 heterocycles. The van der Waals surface area contributed by atoms with Crippen molar-refractivity contribution in [2.45, 2.75) is 39.3 Å². The zero-order valence-corrected chi connectivity index (χ0v) is 14.7. The van der Waals surface area contributed by atoms with E-state index in [1.807, 2.05) is 33.2 Å². The quantitative estimate of drug-likeness (QED) is 0.936. The van der Waals surface area contributed by atoms with Crippen LogP contribution in [0.2, 0.25) is 0 Å². The molecule has 3 rings (SSSR count). The lowest BCUT2D eigenvalue weighted by Gasteiger charge is -2.41. The number of hydrogen-bond donors (Lipinski definition) is 1. The van der Waals surface area contributed by atoms with Crippen LogP contribution in [0, 0.1) is 5.92 Å². The lowest BCUT2D eigenvalue weighted by atomic mass is 9.92. The van der Waals surface area contributed by atoms with Crippen LogP contribution >= 0.6 is 0 Å². The van der Waals surface area contributed by atoms with Crippen molar-refractivity contribution in [2.24, 2.45) is 5.92 Å². The maximum Gasteiger partial charge on any atom is 0.410 e. The Morgan fingerprint density at radius 1 is 1.46 bits per heavy atom. The number of amides is 1. The average molecular weight is 331 g/mol. The largest absolute Gasteiger partial charge is 0.447 e. The maximum atomic E-state index is 12.2. The van der Waals surface area contributed by atoms with Crippen molar-refractivity contribution in [3.63, 3.8) is 0 Å². The fourth-order valence-corrected chi connectivity index (χ4v) is 3.29. The fourth-order valence-electron chi connectivity index (χ4n) is 3.29. The minimum atomic E-state index is -0.232. The summed E-state index contributed by atoms with van der Waals surface area (Å²) in [5, 5.41) is 0.995. The molecule has 0 aliphatic carbocycles. The molecule has 1 saturated heterocycles. The van der Waals surface area contributed by atoms with Crippen molar-refractivity contribution in [1.29, 1.82) is 0 Å². The van der Waals surface area contributed by atoms with Crippen molar-refractivity contribution in [2.75, 3.05) is 25.0 Å². The highest BCUT2D eigenvalue weighted by Gasteiger charge is 2.33. The van der Waals surface area contributed by atoms with Gasteiger partial charge in [-0.15, -0.1) is 0 Å². The third-order valence-electron chi connectivity index (χ3n) is 4.68. The van der Waals surface area contributed by atoms with Crippen molar-refractivity contribution in [1.82, 2.24) is 19.9 Å². The number of nitrogens with one attached hydrogen (secondary N) is 1. The highest BCUT2D eigenvalue weighted by atomic mass is 16.6. The Kier molecular flexibility index (Phi) is 4.59. The number of carbonyl (C=O) groups excluding carboxylic acids is 1. The molecule has 1 fully saturated rings. The number of anilines is 1. The number of carbonyl (C=O) groups is 1. The van der Waals surface area contributed by atoms with E-state index >= 15 is 0 Å². The van der Waals surface area contributed by atoms with Gasteiger partial charge in [0.05, 0.1) is 17.5 Å². The lowest BCUT2D eigenvalue weighted by molar-refractivity contribution is 0.0620. The number of hydrogen-bond acceptors (Lipinski definition) is 5. The number of rotatable bonds is 3. The molecular weight excluding hydrogens is 306 g/mol. The average Bonchev–Trinajstić information content (AvgIpc) is 3.02. The highest BCUT2D eigenvalue weighted by molar-refractivity contribution is 5.87. The number of aromatic amines is 1. The molecule has 2 aromatic heterocycles. The predicted molar refractivity (Wildman–Crippen MR) is 93.1 cm³/mol. The molecular formula is C17H25N5O2. The van der Waals surface area contributed by atoms with Crippen molar-refractivity contribution < 1.29 is 9.53 Å². The maximum absolute atomic E-state index is 12.2. The van der Waals surface area contributed by atoms with Crippen molar-refractivity contribution >= 4 is 22.9 Å². The molecule has 2 aromatic rings. The number of piperidine rings is 1. The van der Waals surface area contributed by atoms with Gasteiger partial charge in [0.1, 0.15) is 17.8 Å². The molecule has 7 nitrogen and oxygen atoms in total. The summed E-state index contributed by atoms with van der Waals surface area (Å²) in [5.41, 5.74) is 0.825. The molecule has 0 bridgehead atoms. The molecule has 0 radical (unpaired) electrons. The minimum absolute atomic E-state index is 0.102. The SMILES string of the molecule is CC(C)OC(=O)N1CCC(C)C(N(C)c2ncnc3[nH]ccc23)C1. The van der Waals surface area contributed by atoms with Crippen LogP contribution in [-0.4, -0.2) is 58.2 Å². The van der Waals surface area contributed by atoms with Crippen molar-refractivity contribution in [3.8, 4) is 0 Å². The summed E-state index contributed by atoms with van der Waals surface area (Å²) in [7, 11) is 2.03. The number of nitrogens with zero attached hydrogens (tertiary/aromatic N) is 4. The molecule has 1 amide bonds. The first-order valence-electron chi connectivity index (χ1n) is 8.44. The second-order valence-electron chi connectivity index (χ2n) is 6.76. The monoisotopic (exact) mass is 331 g/mol. The van der Waals surface area contributed by atoms with Crippen LogP contribution in [0.3, 0.4) is 0 Å². The van der Waals surface area contributed by atoms with Gasteiger partial charge in [0.2, 0.25) is 0 Å². The first kappa shape index (κ1) is 16.5. The molecule has 0 aromatic carbocycles. The van der Waals surface area contributed by atoms with E-state index in [9.17, 15) is 4.79 Å². The molecule has 0 spiro atoms. The van der Waals surface area contributed by atoms with Crippen molar-refractivity contribution in [3.05, 3.63) is 18.6 Å². The molecule has 2 unspecified atom stereocenters. The van der Waals surface area contributed by atoms with Gasteiger partial charge < -0.3 is 19.5 Å². The summed E-state index contributed by atoms with van der Waals surface area (Å²) in [6, 6.07) is 2.17. The van der Waals surface area contributed by atoms with Gasteiger partial charge in [-0.2, -0.15) is 0 Å². The van der Waals surface area contributed by atoms with E-state index in [1.165, 1.54) is 0 Å². The zero-order valence-electron chi connectivity index (χ0n) is 14.7. The van der Waals surface area contributed by atoms with Gasteiger partial charge in [-0.05, 0) is 32.3 Å². The van der Waals surface area contributed by atoms with Crippen LogP contribution in [0.1, 0.15) is 27.2 Å². The number of likely N-dealkylation sites (tertiary alicyclic amines) is 1. The molecule has 130 valence electrons. The normalized spacial score (nSPS) is 21.3. The van der Waals surface area contributed by atoms with Gasteiger partial charge in [-0.3, -0.25) is 0 Å². The highest BCUT2D eigenvalue weighted by Crippen LogP contribution is 2.28. The van der Waals surface area contributed by atoms with Gasteiger partial charge in [0.15, 0.2) is 0 Å². The van der Waals surface area contributed by atoms with E-state index in [2.05, 4.69) is 26.8 Å². The van der Waals surface area contributed by atoms with E-state index in [0.717, 1.165) is 29.8 Å². The molecule has 1 aliphatic rings. The third kappa shape index (κ3) is 3.16. The Hall–Kier alpha value is -2.31. The second kappa shape index (κ2) is 6.67. The topological polar surface area (TPSA) is 74.3 Å². The minimum Gasteiger partial charge on any atom is -0.447 e. The Morgan fingerprint density at radius 2 is 2.25 bits per heavy atom. The van der Waals surface area contributed by atoms with Crippen LogP contribution in [0.5, 0.6) is 0 Å². The lowest BCUT2D eigenvalue weighted by Crippen LogP contribution is -2.53. The number of ether oxygens (including phenoxy) is 1. The summed E-state index contributed by atoms with van der Waals surface area (Å²) in [6.07, 6.45) is 4.05. The third-order valence-corrected chi connectivity index (χ3v) is 4.68.